The van der Waals surface area contributed by atoms with Crippen molar-refractivity contribution in [1.82, 2.24) is 0 Å². The van der Waals surface area contributed by atoms with E-state index in [1.807, 2.05) is 0 Å². The standard InChI is InChI=1S/C13H15NO5/c1-3-9(13(17)18)14-10-6-8(15)4-5-11(10)19-7(2)12(14)16/h4-7,9,15H,3H2,1-2H3,(H,17,18). The highest BCUT2D eigenvalue weighted by Crippen LogP contribution is 2.38. The molecule has 2 N–H and O–H groups in total. The summed E-state index contributed by atoms with van der Waals surface area (Å²) < 4.78 is 5.41. The summed E-state index contributed by atoms with van der Waals surface area (Å²) >= 11 is 0. The highest BCUT2D eigenvalue weighted by molar-refractivity contribution is 6.04. The smallest absolute Gasteiger partial charge is 0.326 e. The van der Waals surface area contributed by atoms with Gasteiger partial charge in [-0.25, -0.2) is 4.79 Å². The number of benzene rings is 1. The average Bonchev–Trinajstić information content (AvgIpc) is 2.35. The molecule has 0 aromatic heterocycles. The van der Waals surface area contributed by atoms with Gasteiger partial charge in [0.2, 0.25) is 0 Å². The van der Waals surface area contributed by atoms with E-state index in [1.165, 1.54) is 23.1 Å². The van der Waals surface area contributed by atoms with E-state index in [4.69, 9.17) is 4.74 Å². The van der Waals surface area contributed by atoms with Crippen LogP contribution in [0.4, 0.5) is 5.69 Å². The number of anilines is 1. The van der Waals surface area contributed by atoms with Gasteiger partial charge in [-0.3, -0.25) is 9.69 Å². The Kier molecular flexibility index (Phi) is 3.33. The minimum atomic E-state index is -1.08. The molecule has 6 heteroatoms. The van der Waals surface area contributed by atoms with E-state index in [2.05, 4.69) is 0 Å². The first-order chi connectivity index (χ1) is 8.95. The summed E-state index contributed by atoms with van der Waals surface area (Å²) in [6.45, 7) is 3.26. The summed E-state index contributed by atoms with van der Waals surface area (Å²) in [6.07, 6.45) is -0.478. The maximum Gasteiger partial charge on any atom is 0.326 e. The summed E-state index contributed by atoms with van der Waals surface area (Å²) in [5, 5.41) is 18.7. The number of nitrogens with zero attached hydrogens (tertiary/aromatic N) is 1. The van der Waals surface area contributed by atoms with Gasteiger partial charge in [0.15, 0.2) is 6.10 Å². The van der Waals surface area contributed by atoms with Gasteiger partial charge in [-0.2, -0.15) is 0 Å². The van der Waals surface area contributed by atoms with Gasteiger partial charge in [0, 0.05) is 6.07 Å². The van der Waals surface area contributed by atoms with E-state index in [-0.39, 0.29) is 17.9 Å². The molecule has 1 aromatic rings. The third kappa shape index (κ3) is 2.21. The number of carboxylic acids is 1. The second-order valence-corrected chi connectivity index (χ2v) is 4.38. The van der Waals surface area contributed by atoms with Crippen LogP contribution in [0, 0.1) is 0 Å². The van der Waals surface area contributed by atoms with Crippen LogP contribution in [0.5, 0.6) is 11.5 Å². The van der Waals surface area contributed by atoms with Gasteiger partial charge in [0.05, 0.1) is 5.69 Å². The molecule has 1 aliphatic rings. The third-order valence-electron chi connectivity index (χ3n) is 3.07. The van der Waals surface area contributed by atoms with Crippen LogP contribution in [0.1, 0.15) is 20.3 Å². The number of fused-ring (bicyclic) bond motifs is 1. The summed E-state index contributed by atoms with van der Waals surface area (Å²) in [5.74, 6) is -1.16. The number of aromatic hydroxyl groups is 1. The maximum absolute atomic E-state index is 12.2. The fraction of sp³-hybridized carbons (Fsp3) is 0.385. The summed E-state index contributed by atoms with van der Waals surface area (Å²) in [6, 6.07) is 3.32. The average molecular weight is 265 g/mol. The zero-order valence-corrected chi connectivity index (χ0v) is 10.7. The number of phenols is 1. The monoisotopic (exact) mass is 265 g/mol. The Bertz CT molecular complexity index is 528. The number of hydrogen-bond acceptors (Lipinski definition) is 4. The Hall–Kier alpha value is -2.24. The predicted octanol–water partition coefficient (Wildman–Crippen LogP) is 1.37. The molecule has 1 aliphatic heterocycles. The number of carboxylic acid groups (broad SMARTS) is 1. The summed E-state index contributed by atoms with van der Waals surface area (Å²) in [4.78, 5) is 24.6. The maximum atomic E-state index is 12.2. The molecule has 0 bridgehead atoms. The van der Waals surface area contributed by atoms with Crippen LogP contribution in [0.3, 0.4) is 0 Å². The normalized spacial score (nSPS) is 19.6. The van der Waals surface area contributed by atoms with E-state index in [9.17, 15) is 19.8 Å². The number of phenolic OH excluding ortho intramolecular Hbond substituents is 1. The molecule has 19 heavy (non-hydrogen) atoms. The molecule has 1 amide bonds. The number of carbonyl (C=O) groups is 2. The highest BCUT2D eigenvalue weighted by Gasteiger charge is 2.38. The van der Waals surface area contributed by atoms with Crippen LogP contribution >= 0.6 is 0 Å². The van der Waals surface area contributed by atoms with E-state index < -0.39 is 24.0 Å². The van der Waals surface area contributed by atoms with Crippen molar-refractivity contribution >= 4 is 17.6 Å². The highest BCUT2D eigenvalue weighted by atomic mass is 16.5. The molecule has 0 radical (unpaired) electrons. The van der Waals surface area contributed by atoms with Crippen LogP contribution in [0.2, 0.25) is 0 Å². The Balaban J connectivity index is 2.55. The second kappa shape index (κ2) is 4.79. The Morgan fingerprint density at radius 1 is 1.53 bits per heavy atom. The van der Waals surface area contributed by atoms with Crippen molar-refractivity contribution in [3.05, 3.63) is 18.2 Å². The lowest BCUT2D eigenvalue weighted by Crippen LogP contribution is -2.52. The second-order valence-electron chi connectivity index (χ2n) is 4.38. The summed E-state index contributed by atoms with van der Waals surface area (Å²) in [5.41, 5.74) is 0.289. The number of rotatable bonds is 3. The van der Waals surface area contributed by atoms with Gasteiger partial charge in [-0.15, -0.1) is 0 Å². The van der Waals surface area contributed by atoms with E-state index in [1.54, 1.807) is 13.8 Å². The van der Waals surface area contributed by atoms with Crippen LogP contribution < -0.4 is 9.64 Å². The fourth-order valence-electron chi connectivity index (χ4n) is 2.14. The van der Waals surface area contributed by atoms with Gasteiger partial charge in [-0.1, -0.05) is 6.92 Å². The Morgan fingerprint density at radius 2 is 2.21 bits per heavy atom. The van der Waals surface area contributed by atoms with Crippen molar-refractivity contribution in [2.45, 2.75) is 32.4 Å². The van der Waals surface area contributed by atoms with E-state index >= 15 is 0 Å². The molecule has 2 rings (SSSR count). The van der Waals surface area contributed by atoms with Crippen molar-refractivity contribution < 1.29 is 24.5 Å². The van der Waals surface area contributed by atoms with Gasteiger partial charge in [0.1, 0.15) is 17.5 Å². The molecule has 0 fully saturated rings. The first-order valence-corrected chi connectivity index (χ1v) is 6.01. The third-order valence-corrected chi connectivity index (χ3v) is 3.07. The zero-order chi connectivity index (χ0) is 14.2. The van der Waals surface area contributed by atoms with Gasteiger partial charge in [0.25, 0.3) is 5.91 Å². The SMILES string of the molecule is CCC(C(=O)O)N1C(=O)C(C)Oc2ccc(O)cc21. The molecule has 2 unspecified atom stereocenters. The lowest BCUT2D eigenvalue weighted by molar-refractivity contribution is -0.141. The van der Waals surface area contributed by atoms with Crippen LogP contribution in [0.15, 0.2) is 18.2 Å². The molecule has 2 atom stereocenters. The topological polar surface area (TPSA) is 87.1 Å². The minimum absolute atomic E-state index is 0.0463. The lowest BCUT2D eigenvalue weighted by Gasteiger charge is -2.36. The van der Waals surface area contributed by atoms with E-state index in [0.29, 0.717) is 5.75 Å². The molecular weight excluding hydrogens is 250 g/mol. The Morgan fingerprint density at radius 3 is 2.79 bits per heavy atom. The minimum Gasteiger partial charge on any atom is -0.508 e. The van der Waals surface area contributed by atoms with Crippen LogP contribution in [-0.2, 0) is 9.59 Å². The van der Waals surface area contributed by atoms with Gasteiger partial charge >= 0.3 is 5.97 Å². The molecule has 1 heterocycles. The number of amides is 1. The van der Waals surface area contributed by atoms with Crippen molar-refractivity contribution in [2.75, 3.05) is 4.90 Å². The van der Waals surface area contributed by atoms with Crippen LogP contribution in [-0.4, -0.2) is 34.2 Å². The first-order valence-electron chi connectivity index (χ1n) is 6.01. The van der Waals surface area contributed by atoms with Crippen molar-refractivity contribution in [1.29, 1.82) is 0 Å². The number of aliphatic carboxylic acids is 1. The van der Waals surface area contributed by atoms with Crippen molar-refractivity contribution in [3.8, 4) is 11.5 Å². The molecular formula is C13H15NO5. The molecule has 1 aromatic carbocycles. The quantitative estimate of drug-likeness (QED) is 0.861. The lowest BCUT2D eigenvalue weighted by atomic mass is 10.1. The van der Waals surface area contributed by atoms with Gasteiger partial charge < -0.3 is 14.9 Å². The van der Waals surface area contributed by atoms with Crippen LogP contribution in [0.25, 0.3) is 0 Å². The van der Waals surface area contributed by atoms with Gasteiger partial charge in [-0.05, 0) is 25.5 Å². The molecule has 102 valence electrons. The first kappa shape index (κ1) is 13.2. The Labute approximate surface area is 110 Å². The largest absolute Gasteiger partial charge is 0.508 e. The predicted molar refractivity (Wildman–Crippen MR) is 67.4 cm³/mol. The molecule has 0 saturated heterocycles. The number of ether oxygens (including phenoxy) is 1. The van der Waals surface area contributed by atoms with Crippen molar-refractivity contribution in [2.24, 2.45) is 0 Å². The number of hydrogen-bond donors (Lipinski definition) is 2. The summed E-state index contributed by atoms with van der Waals surface area (Å²) in [7, 11) is 0. The molecule has 0 spiro atoms. The molecule has 6 nitrogen and oxygen atoms in total. The van der Waals surface area contributed by atoms with Crippen molar-refractivity contribution in [3.63, 3.8) is 0 Å². The zero-order valence-electron chi connectivity index (χ0n) is 10.7. The number of carbonyl (C=O) groups excluding carboxylic acids is 1. The molecule has 0 aliphatic carbocycles. The van der Waals surface area contributed by atoms with E-state index in [0.717, 1.165) is 0 Å². The molecule has 0 saturated carbocycles. The fourth-order valence-corrected chi connectivity index (χ4v) is 2.14.